The second-order valence-corrected chi connectivity index (χ2v) is 7.86. The van der Waals surface area contributed by atoms with Crippen molar-refractivity contribution in [3.05, 3.63) is 71.2 Å². The van der Waals surface area contributed by atoms with E-state index >= 15 is 0 Å². The molecule has 0 saturated heterocycles. The smallest absolute Gasteiger partial charge is 0.226 e. The molecule has 0 fully saturated rings. The predicted molar refractivity (Wildman–Crippen MR) is 92.5 cm³/mol. The van der Waals surface area contributed by atoms with Crippen LogP contribution >= 0.6 is 11.3 Å². The van der Waals surface area contributed by atoms with Crippen molar-refractivity contribution < 1.29 is 8.42 Å². The zero-order valence-electron chi connectivity index (χ0n) is 12.6. The predicted octanol–water partition coefficient (Wildman–Crippen LogP) is 3.90. The Morgan fingerprint density at radius 3 is 2.43 bits per heavy atom. The quantitative estimate of drug-likeness (QED) is 0.763. The molecule has 6 heteroatoms. The second-order valence-electron chi connectivity index (χ2n) is 5.14. The Morgan fingerprint density at radius 2 is 1.74 bits per heavy atom. The fourth-order valence-corrected chi connectivity index (χ4v) is 4.49. The minimum absolute atomic E-state index is 0.0854. The molecule has 1 N–H and O–H groups in total. The van der Waals surface area contributed by atoms with Gasteiger partial charge in [-0.05, 0) is 24.6 Å². The topological polar surface area (TPSA) is 59.1 Å². The normalized spacial score (nSPS) is 11.3. The Kier molecular flexibility index (Phi) is 4.45. The highest BCUT2D eigenvalue weighted by atomic mass is 32.2. The molecule has 0 radical (unpaired) electrons. The van der Waals surface area contributed by atoms with Gasteiger partial charge < -0.3 is 5.32 Å². The molecule has 0 bridgehead atoms. The monoisotopic (exact) mass is 344 g/mol. The number of nitrogens with zero attached hydrogens (tertiary/aromatic N) is 1. The van der Waals surface area contributed by atoms with Gasteiger partial charge >= 0.3 is 0 Å². The molecule has 1 heterocycles. The molecule has 118 valence electrons. The van der Waals surface area contributed by atoms with Crippen LogP contribution in [0.15, 0.2) is 70.0 Å². The van der Waals surface area contributed by atoms with E-state index in [1.54, 1.807) is 29.8 Å². The molecular weight excluding hydrogens is 328 g/mol. The van der Waals surface area contributed by atoms with Gasteiger partial charge in [-0.2, -0.15) is 0 Å². The zero-order chi connectivity index (χ0) is 16.3. The highest BCUT2D eigenvalue weighted by Gasteiger charge is 2.24. The zero-order valence-corrected chi connectivity index (χ0v) is 14.2. The van der Waals surface area contributed by atoms with Crippen molar-refractivity contribution in [2.75, 3.05) is 5.32 Å². The fraction of sp³-hybridized carbons (Fsp3) is 0.118. The molecule has 0 aliphatic heterocycles. The largest absolute Gasteiger partial charge is 0.370 e. The summed E-state index contributed by atoms with van der Waals surface area (Å²) in [6, 6.07) is 16.6. The Hall–Kier alpha value is -2.18. The third-order valence-electron chi connectivity index (χ3n) is 3.42. The fourth-order valence-electron chi connectivity index (χ4n) is 2.15. The van der Waals surface area contributed by atoms with Crippen LogP contribution < -0.4 is 5.32 Å². The summed E-state index contributed by atoms with van der Waals surface area (Å²) < 4.78 is 25.5. The van der Waals surface area contributed by atoms with Crippen LogP contribution in [0, 0.1) is 6.92 Å². The highest BCUT2D eigenvalue weighted by molar-refractivity contribution is 7.91. The van der Waals surface area contributed by atoms with Crippen LogP contribution in [-0.4, -0.2) is 13.4 Å². The SMILES string of the molecule is Cc1ccc(S(=O)(=O)c2ncsc2NCc2ccccc2)cc1. The molecular formula is C17H16N2O2S2. The van der Waals surface area contributed by atoms with Crippen molar-refractivity contribution >= 4 is 26.2 Å². The number of aromatic nitrogens is 1. The molecule has 0 atom stereocenters. The van der Waals surface area contributed by atoms with Crippen LogP contribution in [0.25, 0.3) is 0 Å². The summed E-state index contributed by atoms with van der Waals surface area (Å²) >= 11 is 1.29. The van der Waals surface area contributed by atoms with Gasteiger partial charge in [-0.3, -0.25) is 0 Å². The molecule has 0 saturated carbocycles. The van der Waals surface area contributed by atoms with Gasteiger partial charge in [0.05, 0.1) is 10.4 Å². The number of anilines is 1. The lowest BCUT2D eigenvalue weighted by Gasteiger charge is -2.08. The molecule has 0 aliphatic carbocycles. The molecule has 3 aromatic rings. The Morgan fingerprint density at radius 1 is 1.04 bits per heavy atom. The second kappa shape index (κ2) is 6.52. The number of rotatable bonds is 5. The lowest BCUT2D eigenvalue weighted by Crippen LogP contribution is -2.07. The summed E-state index contributed by atoms with van der Waals surface area (Å²) in [4.78, 5) is 4.33. The van der Waals surface area contributed by atoms with Crippen molar-refractivity contribution in [3.8, 4) is 0 Å². The first-order chi connectivity index (χ1) is 11.1. The summed E-state index contributed by atoms with van der Waals surface area (Å²) in [5.41, 5.74) is 3.65. The summed E-state index contributed by atoms with van der Waals surface area (Å²) in [6.45, 7) is 2.48. The van der Waals surface area contributed by atoms with Gasteiger partial charge in [0.2, 0.25) is 9.84 Å². The van der Waals surface area contributed by atoms with Crippen LogP contribution in [0.1, 0.15) is 11.1 Å². The molecule has 4 nitrogen and oxygen atoms in total. The van der Waals surface area contributed by atoms with Gasteiger partial charge in [-0.15, -0.1) is 11.3 Å². The van der Waals surface area contributed by atoms with E-state index in [-0.39, 0.29) is 9.92 Å². The molecule has 0 spiro atoms. The van der Waals surface area contributed by atoms with Gasteiger partial charge in [0.25, 0.3) is 0 Å². The number of benzene rings is 2. The number of thiazole rings is 1. The first-order valence-electron chi connectivity index (χ1n) is 7.10. The number of nitrogens with one attached hydrogen (secondary N) is 1. The summed E-state index contributed by atoms with van der Waals surface area (Å²) in [7, 11) is -3.61. The maximum absolute atomic E-state index is 12.7. The van der Waals surface area contributed by atoms with Gasteiger partial charge in [0.1, 0.15) is 5.00 Å². The lowest BCUT2D eigenvalue weighted by atomic mass is 10.2. The summed E-state index contributed by atoms with van der Waals surface area (Å²) in [6.07, 6.45) is 0. The Labute approximate surface area is 139 Å². The van der Waals surface area contributed by atoms with Gasteiger partial charge in [0, 0.05) is 6.54 Å². The summed E-state index contributed by atoms with van der Waals surface area (Å²) in [5.74, 6) is 0. The standard InChI is InChI=1S/C17H16N2O2S2/c1-13-7-9-15(10-8-13)23(20,21)17-16(22-12-19-17)18-11-14-5-3-2-4-6-14/h2-10,12,18H,11H2,1H3. The third kappa shape index (κ3) is 3.43. The van der Waals surface area contributed by atoms with Crippen LogP contribution in [0.5, 0.6) is 0 Å². The molecule has 2 aromatic carbocycles. The molecule has 0 amide bonds. The average molecular weight is 344 g/mol. The van der Waals surface area contributed by atoms with Crippen LogP contribution in [0.2, 0.25) is 0 Å². The van der Waals surface area contributed by atoms with Crippen molar-refractivity contribution in [2.45, 2.75) is 23.4 Å². The van der Waals surface area contributed by atoms with E-state index in [9.17, 15) is 8.42 Å². The first-order valence-corrected chi connectivity index (χ1v) is 9.47. The van der Waals surface area contributed by atoms with Crippen LogP contribution in [-0.2, 0) is 16.4 Å². The Bertz CT molecular complexity index is 886. The Balaban J connectivity index is 1.86. The molecule has 0 unspecified atom stereocenters. The van der Waals surface area contributed by atoms with E-state index in [1.165, 1.54) is 11.3 Å². The first kappa shape index (κ1) is 15.7. The minimum atomic E-state index is -3.61. The van der Waals surface area contributed by atoms with E-state index in [0.717, 1.165) is 11.1 Å². The molecule has 3 rings (SSSR count). The van der Waals surface area contributed by atoms with E-state index < -0.39 is 9.84 Å². The van der Waals surface area contributed by atoms with E-state index in [1.807, 2.05) is 37.3 Å². The van der Waals surface area contributed by atoms with Crippen molar-refractivity contribution in [1.29, 1.82) is 0 Å². The number of hydrogen-bond donors (Lipinski definition) is 1. The van der Waals surface area contributed by atoms with Crippen molar-refractivity contribution in [2.24, 2.45) is 0 Å². The average Bonchev–Trinajstić information content (AvgIpc) is 3.04. The lowest BCUT2D eigenvalue weighted by molar-refractivity contribution is 0.593. The molecule has 0 aliphatic rings. The maximum atomic E-state index is 12.7. The van der Waals surface area contributed by atoms with E-state index in [0.29, 0.717) is 11.5 Å². The molecule has 1 aromatic heterocycles. The van der Waals surface area contributed by atoms with Gasteiger partial charge in [-0.25, -0.2) is 13.4 Å². The van der Waals surface area contributed by atoms with Gasteiger partial charge in [0.15, 0.2) is 5.03 Å². The minimum Gasteiger partial charge on any atom is -0.370 e. The van der Waals surface area contributed by atoms with Crippen molar-refractivity contribution in [3.63, 3.8) is 0 Å². The maximum Gasteiger partial charge on any atom is 0.226 e. The van der Waals surface area contributed by atoms with Gasteiger partial charge in [-0.1, -0.05) is 48.0 Å². The van der Waals surface area contributed by atoms with Crippen LogP contribution in [0.3, 0.4) is 0 Å². The third-order valence-corrected chi connectivity index (χ3v) is 6.04. The molecule has 23 heavy (non-hydrogen) atoms. The van der Waals surface area contributed by atoms with Crippen molar-refractivity contribution in [1.82, 2.24) is 4.98 Å². The van der Waals surface area contributed by atoms with Crippen LogP contribution in [0.4, 0.5) is 5.00 Å². The number of aryl methyl sites for hydroxylation is 1. The van der Waals surface area contributed by atoms with E-state index in [4.69, 9.17) is 0 Å². The summed E-state index contributed by atoms with van der Waals surface area (Å²) in [5, 5.41) is 3.82. The number of hydrogen-bond acceptors (Lipinski definition) is 5. The van der Waals surface area contributed by atoms with E-state index in [2.05, 4.69) is 10.3 Å². The number of sulfone groups is 1. The highest BCUT2D eigenvalue weighted by Crippen LogP contribution is 2.30.